The zero-order chi connectivity index (χ0) is 11.5. The van der Waals surface area contributed by atoms with E-state index in [-0.39, 0.29) is 0 Å². The molecule has 2 heterocycles. The van der Waals surface area contributed by atoms with Crippen molar-refractivity contribution in [2.45, 2.75) is 26.4 Å². The number of nitrogens with zero attached hydrogens (tertiary/aromatic N) is 2. The van der Waals surface area contributed by atoms with Gasteiger partial charge in [-0.3, -0.25) is 0 Å². The third-order valence-electron chi connectivity index (χ3n) is 3.05. The minimum Gasteiger partial charge on any atom is -0.398 e. The fourth-order valence-electron chi connectivity index (χ4n) is 1.88. The molecule has 1 aromatic heterocycles. The van der Waals surface area contributed by atoms with E-state index >= 15 is 0 Å². The van der Waals surface area contributed by atoms with Gasteiger partial charge in [0.1, 0.15) is 5.82 Å². The lowest BCUT2D eigenvalue weighted by Crippen LogP contribution is -2.42. The van der Waals surface area contributed by atoms with Crippen molar-refractivity contribution < 1.29 is 4.74 Å². The van der Waals surface area contributed by atoms with Crippen molar-refractivity contribution in [1.82, 2.24) is 4.98 Å². The molecule has 1 fully saturated rings. The first kappa shape index (κ1) is 11.2. The van der Waals surface area contributed by atoms with Gasteiger partial charge in [-0.1, -0.05) is 6.92 Å². The average Bonchev–Trinajstić information content (AvgIpc) is 2.33. The summed E-state index contributed by atoms with van der Waals surface area (Å²) in [5, 5.41) is 0. The normalized spacial score (nSPS) is 21.1. The third kappa shape index (κ3) is 2.27. The van der Waals surface area contributed by atoms with E-state index in [1.807, 2.05) is 19.2 Å². The van der Waals surface area contributed by atoms with Gasteiger partial charge in [0, 0.05) is 31.0 Å². The van der Waals surface area contributed by atoms with Crippen molar-refractivity contribution in [2.24, 2.45) is 0 Å². The quantitative estimate of drug-likeness (QED) is 0.824. The molecule has 0 aliphatic carbocycles. The summed E-state index contributed by atoms with van der Waals surface area (Å²) >= 11 is 0. The van der Waals surface area contributed by atoms with Crippen LogP contribution in [0.3, 0.4) is 0 Å². The number of nitrogen functional groups attached to an aromatic ring is 1. The molecule has 0 spiro atoms. The fourth-order valence-corrected chi connectivity index (χ4v) is 1.88. The van der Waals surface area contributed by atoms with Crippen molar-refractivity contribution in [3.63, 3.8) is 0 Å². The number of aromatic nitrogens is 1. The lowest BCUT2D eigenvalue weighted by Gasteiger charge is -2.33. The van der Waals surface area contributed by atoms with Gasteiger partial charge in [-0.2, -0.15) is 0 Å². The zero-order valence-electron chi connectivity index (χ0n) is 9.94. The summed E-state index contributed by atoms with van der Waals surface area (Å²) in [4.78, 5) is 6.67. The molecular weight excluding hydrogens is 202 g/mol. The van der Waals surface area contributed by atoms with Crippen molar-refractivity contribution in [2.75, 3.05) is 30.3 Å². The van der Waals surface area contributed by atoms with E-state index in [1.54, 1.807) is 0 Å². The summed E-state index contributed by atoms with van der Waals surface area (Å²) in [6.07, 6.45) is 3.19. The van der Waals surface area contributed by atoms with Crippen LogP contribution in [0.5, 0.6) is 0 Å². The molecule has 1 saturated heterocycles. The maximum atomic E-state index is 5.90. The van der Waals surface area contributed by atoms with Crippen molar-refractivity contribution in [1.29, 1.82) is 0 Å². The van der Waals surface area contributed by atoms with Crippen LogP contribution in [0.2, 0.25) is 0 Å². The molecule has 4 heteroatoms. The van der Waals surface area contributed by atoms with Crippen LogP contribution in [0.1, 0.15) is 18.9 Å². The highest BCUT2D eigenvalue weighted by atomic mass is 16.5. The topological polar surface area (TPSA) is 51.4 Å². The molecular formula is C12H19N3O. The lowest BCUT2D eigenvalue weighted by atomic mass is 10.2. The minimum absolute atomic E-state index is 0.318. The van der Waals surface area contributed by atoms with Crippen LogP contribution < -0.4 is 10.6 Å². The molecule has 16 heavy (non-hydrogen) atoms. The second-order valence-corrected chi connectivity index (χ2v) is 4.25. The van der Waals surface area contributed by atoms with Crippen LogP contribution in [0, 0.1) is 6.92 Å². The summed E-state index contributed by atoms with van der Waals surface area (Å²) < 4.78 is 5.63. The molecule has 0 bridgehead atoms. The van der Waals surface area contributed by atoms with Gasteiger partial charge in [0.2, 0.25) is 0 Å². The number of hydrogen-bond donors (Lipinski definition) is 1. The van der Waals surface area contributed by atoms with E-state index in [9.17, 15) is 0 Å². The van der Waals surface area contributed by atoms with Gasteiger partial charge in [0.05, 0.1) is 12.7 Å². The Kier molecular flexibility index (Phi) is 3.29. The van der Waals surface area contributed by atoms with Gasteiger partial charge in [-0.25, -0.2) is 4.98 Å². The zero-order valence-corrected chi connectivity index (χ0v) is 9.94. The van der Waals surface area contributed by atoms with Crippen molar-refractivity contribution in [3.05, 3.63) is 17.8 Å². The Morgan fingerprint density at radius 1 is 1.62 bits per heavy atom. The Bertz CT molecular complexity index is 367. The first-order valence-corrected chi connectivity index (χ1v) is 5.79. The van der Waals surface area contributed by atoms with E-state index in [0.29, 0.717) is 6.10 Å². The van der Waals surface area contributed by atoms with Crippen LogP contribution in [-0.2, 0) is 4.74 Å². The maximum Gasteiger partial charge on any atom is 0.130 e. The second-order valence-electron chi connectivity index (χ2n) is 4.25. The number of ether oxygens (including phenoxy) is 1. The monoisotopic (exact) mass is 221 g/mol. The Morgan fingerprint density at radius 2 is 2.44 bits per heavy atom. The summed E-state index contributed by atoms with van der Waals surface area (Å²) in [6.45, 7) is 6.69. The van der Waals surface area contributed by atoms with Gasteiger partial charge in [-0.05, 0) is 18.9 Å². The predicted octanol–water partition coefficient (Wildman–Crippen LogP) is 1.59. The predicted molar refractivity (Wildman–Crippen MR) is 65.6 cm³/mol. The third-order valence-corrected chi connectivity index (χ3v) is 3.05. The van der Waals surface area contributed by atoms with E-state index in [2.05, 4.69) is 16.8 Å². The second kappa shape index (κ2) is 4.70. The summed E-state index contributed by atoms with van der Waals surface area (Å²) in [5.41, 5.74) is 7.74. The van der Waals surface area contributed by atoms with Gasteiger partial charge >= 0.3 is 0 Å². The van der Waals surface area contributed by atoms with Gasteiger partial charge < -0.3 is 15.4 Å². The molecule has 1 atom stereocenters. The number of aryl methyl sites for hydroxylation is 1. The van der Waals surface area contributed by atoms with Crippen LogP contribution >= 0.6 is 0 Å². The van der Waals surface area contributed by atoms with Crippen LogP contribution in [0.15, 0.2) is 12.3 Å². The maximum absolute atomic E-state index is 5.90. The molecule has 0 unspecified atom stereocenters. The molecule has 1 aliphatic rings. The van der Waals surface area contributed by atoms with E-state index in [1.165, 1.54) is 0 Å². The van der Waals surface area contributed by atoms with Crippen molar-refractivity contribution >= 4 is 11.5 Å². The molecule has 2 N–H and O–H groups in total. The fraction of sp³-hybridized carbons (Fsp3) is 0.583. The highest BCUT2D eigenvalue weighted by Gasteiger charge is 2.20. The highest BCUT2D eigenvalue weighted by molar-refractivity contribution is 5.54. The number of anilines is 2. The van der Waals surface area contributed by atoms with Crippen LogP contribution in [0.25, 0.3) is 0 Å². The average molecular weight is 221 g/mol. The number of morpholine rings is 1. The van der Waals surface area contributed by atoms with Gasteiger partial charge in [-0.15, -0.1) is 0 Å². The molecule has 0 saturated carbocycles. The molecule has 0 radical (unpaired) electrons. The first-order chi connectivity index (χ1) is 7.70. The Morgan fingerprint density at radius 3 is 3.12 bits per heavy atom. The van der Waals surface area contributed by atoms with E-state index in [0.717, 1.165) is 43.2 Å². The molecule has 2 rings (SSSR count). The number of hydrogen-bond acceptors (Lipinski definition) is 4. The van der Waals surface area contributed by atoms with Crippen LogP contribution in [0.4, 0.5) is 11.5 Å². The molecule has 0 amide bonds. The van der Waals surface area contributed by atoms with Gasteiger partial charge in [0.15, 0.2) is 0 Å². The smallest absolute Gasteiger partial charge is 0.130 e. The standard InChI is InChI=1S/C12H19N3O/c1-3-10-8-15(4-5-16-10)12-6-11(13)9(2)7-14-12/h6-7,10H,3-5,8H2,1-2H3,(H2,13,14)/t10-/m1/s1. The van der Waals surface area contributed by atoms with Crippen LogP contribution in [-0.4, -0.2) is 30.8 Å². The molecule has 0 aromatic carbocycles. The van der Waals surface area contributed by atoms with Crippen molar-refractivity contribution in [3.8, 4) is 0 Å². The number of pyridine rings is 1. The lowest BCUT2D eigenvalue weighted by molar-refractivity contribution is 0.0382. The molecule has 1 aliphatic heterocycles. The largest absolute Gasteiger partial charge is 0.398 e. The summed E-state index contributed by atoms with van der Waals surface area (Å²) in [7, 11) is 0. The minimum atomic E-state index is 0.318. The summed E-state index contributed by atoms with van der Waals surface area (Å²) in [6, 6.07) is 1.95. The Balaban J connectivity index is 2.13. The number of nitrogens with two attached hydrogens (primary N) is 1. The van der Waals surface area contributed by atoms with E-state index < -0.39 is 0 Å². The summed E-state index contributed by atoms with van der Waals surface area (Å²) in [5.74, 6) is 0.963. The molecule has 1 aromatic rings. The Labute approximate surface area is 96.4 Å². The molecule has 4 nitrogen and oxygen atoms in total. The van der Waals surface area contributed by atoms with Gasteiger partial charge in [0.25, 0.3) is 0 Å². The molecule has 88 valence electrons. The number of rotatable bonds is 2. The first-order valence-electron chi connectivity index (χ1n) is 5.79. The van der Waals surface area contributed by atoms with E-state index in [4.69, 9.17) is 10.5 Å². The highest BCUT2D eigenvalue weighted by Crippen LogP contribution is 2.20. The Hall–Kier alpha value is -1.29. The SMILES string of the molecule is CC[C@@H]1CN(c2cc(N)c(C)cn2)CCO1.